The highest BCUT2D eigenvalue weighted by atomic mass is 16.5. The number of aromatic amines is 1. The van der Waals surface area contributed by atoms with E-state index in [0.29, 0.717) is 18.4 Å². The molecule has 0 aromatic carbocycles. The van der Waals surface area contributed by atoms with Crippen LogP contribution in [-0.4, -0.2) is 52.8 Å². The van der Waals surface area contributed by atoms with Crippen LogP contribution >= 0.6 is 0 Å². The average Bonchev–Trinajstić information content (AvgIpc) is 2.99. The lowest BCUT2D eigenvalue weighted by Gasteiger charge is -2.20. The Balaban J connectivity index is 2.25. The van der Waals surface area contributed by atoms with Crippen molar-refractivity contribution in [1.29, 1.82) is 0 Å². The summed E-state index contributed by atoms with van der Waals surface area (Å²) in [5.41, 5.74) is 0. The molecule has 1 aromatic heterocycles. The minimum Gasteiger partial charge on any atom is -0.468 e. The highest BCUT2D eigenvalue weighted by Crippen LogP contribution is 2.09. The number of esters is 1. The Labute approximate surface area is 131 Å². The summed E-state index contributed by atoms with van der Waals surface area (Å²) in [6.45, 7) is 8.66. The lowest BCUT2D eigenvalue weighted by atomic mass is 10.0. The molecule has 2 atom stereocenters. The minimum atomic E-state index is -0.228. The fraction of sp³-hybridized carbons (Fsp3) is 0.857. The van der Waals surface area contributed by atoms with Crippen LogP contribution in [0.3, 0.4) is 0 Å². The summed E-state index contributed by atoms with van der Waals surface area (Å²) >= 11 is 0. The maximum atomic E-state index is 11.8. The number of hydrogen-bond donors (Lipinski definition) is 3. The molecule has 0 bridgehead atoms. The summed E-state index contributed by atoms with van der Waals surface area (Å²) < 4.78 is 4.86. The van der Waals surface area contributed by atoms with Crippen LogP contribution in [0.2, 0.25) is 0 Å². The van der Waals surface area contributed by atoms with Gasteiger partial charge in [0.1, 0.15) is 6.04 Å². The number of nitrogens with zero attached hydrogens (tertiary/aromatic N) is 3. The van der Waals surface area contributed by atoms with E-state index in [1.807, 2.05) is 0 Å². The van der Waals surface area contributed by atoms with E-state index in [-0.39, 0.29) is 12.0 Å². The van der Waals surface area contributed by atoms with Gasteiger partial charge in [-0.3, -0.25) is 4.79 Å². The number of ether oxygens (including phenoxy) is 1. The van der Waals surface area contributed by atoms with E-state index in [4.69, 9.17) is 4.74 Å². The molecule has 0 fully saturated rings. The van der Waals surface area contributed by atoms with Crippen molar-refractivity contribution in [1.82, 2.24) is 31.3 Å². The molecule has 126 valence electrons. The van der Waals surface area contributed by atoms with Crippen LogP contribution in [0.4, 0.5) is 0 Å². The van der Waals surface area contributed by atoms with Gasteiger partial charge in [0.05, 0.1) is 13.7 Å². The first-order chi connectivity index (χ1) is 10.5. The number of H-pyrrole nitrogens is 1. The lowest BCUT2D eigenvalue weighted by Crippen LogP contribution is -2.40. The number of carbonyl (C=O) groups excluding carboxylic acids is 1. The van der Waals surface area contributed by atoms with Crippen molar-refractivity contribution in [2.24, 2.45) is 11.8 Å². The Bertz CT molecular complexity index is 409. The Kier molecular flexibility index (Phi) is 8.61. The second-order valence-corrected chi connectivity index (χ2v) is 6.04. The van der Waals surface area contributed by atoms with Crippen molar-refractivity contribution >= 4 is 5.97 Å². The van der Waals surface area contributed by atoms with Crippen molar-refractivity contribution in [2.45, 2.75) is 46.2 Å². The van der Waals surface area contributed by atoms with E-state index >= 15 is 0 Å². The molecule has 0 saturated heterocycles. The first-order valence-electron chi connectivity index (χ1n) is 7.77. The maximum Gasteiger partial charge on any atom is 0.322 e. The molecule has 1 heterocycles. The van der Waals surface area contributed by atoms with Gasteiger partial charge in [0.25, 0.3) is 0 Å². The van der Waals surface area contributed by atoms with Crippen LogP contribution < -0.4 is 10.6 Å². The highest BCUT2D eigenvalue weighted by Gasteiger charge is 2.19. The zero-order chi connectivity index (χ0) is 16.4. The minimum absolute atomic E-state index is 0.187. The van der Waals surface area contributed by atoms with Crippen molar-refractivity contribution in [3.8, 4) is 0 Å². The molecular formula is C14H28N6O2. The largest absolute Gasteiger partial charge is 0.468 e. The van der Waals surface area contributed by atoms with Gasteiger partial charge in [0.15, 0.2) is 5.82 Å². The number of carbonyl (C=O) groups is 1. The van der Waals surface area contributed by atoms with E-state index in [9.17, 15) is 4.79 Å². The van der Waals surface area contributed by atoms with Crippen molar-refractivity contribution in [3.63, 3.8) is 0 Å². The molecule has 1 unspecified atom stereocenters. The summed E-state index contributed by atoms with van der Waals surface area (Å²) in [6, 6.07) is -0.228. The number of nitrogens with one attached hydrogen (secondary N) is 3. The predicted octanol–water partition coefficient (Wildman–Crippen LogP) is 0.493. The molecule has 0 spiro atoms. The van der Waals surface area contributed by atoms with E-state index in [2.05, 4.69) is 52.0 Å². The Hall–Kier alpha value is -1.54. The molecule has 1 aromatic rings. The Morgan fingerprint density at radius 1 is 1.27 bits per heavy atom. The molecular weight excluding hydrogens is 284 g/mol. The fourth-order valence-corrected chi connectivity index (χ4v) is 2.07. The normalized spacial score (nSPS) is 14.0. The summed E-state index contributed by atoms with van der Waals surface area (Å²) in [7, 11) is 1.43. The summed E-state index contributed by atoms with van der Waals surface area (Å²) in [4.78, 5) is 11.8. The molecule has 0 aliphatic rings. The Morgan fingerprint density at radius 3 is 2.64 bits per heavy atom. The monoisotopic (exact) mass is 312 g/mol. The van der Waals surface area contributed by atoms with Gasteiger partial charge in [0, 0.05) is 0 Å². The zero-order valence-corrected chi connectivity index (χ0v) is 13.9. The maximum absolute atomic E-state index is 11.8. The standard InChI is InChI=1S/C14H28N6O2/c1-10(2)7-16-12(14(21)22-4)6-5-11(3)8-15-9-13-17-19-20-18-13/h10-12,15-16H,5-9H2,1-4H3,(H,17,18,19,20)/t11?,12-/m0/s1. The number of hydrogen-bond acceptors (Lipinski definition) is 7. The van der Waals surface area contributed by atoms with Gasteiger partial charge >= 0.3 is 5.97 Å². The molecule has 8 nitrogen and oxygen atoms in total. The number of aromatic nitrogens is 4. The molecule has 0 aliphatic heterocycles. The SMILES string of the molecule is COC(=O)[C@H](CCC(C)CNCc1nnn[nH]1)NCC(C)C. The summed E-state index contributed by atoms with van der Waals surface area (Å²) in [5, 5.41) is 20.1. The van der Waals surface area contributed by atoms with Crippen LogP contribution in [0.15, 0.2) is 0 Å². The van der Waals surface area contributed by atoms with Crippen molar-refractivity contribution < 1.29 is 9.53 Å². The first-order valence-corrected chi connectivity index (χ1v) is 7.77. The molecule has 0 radical (unpaired) electrons. The molecule has 22 heavy (non-hydrogen) atoms. The first kappa shape index (κ1) is 18.5. The fourth-order valence-electron chi connectivity index (χ4n) is 2.07. The quantitative estimate of drug-likeness (QED) is 0.511. The van der Waals surface area contributed by atoms with E-state index in [1.54, 1.807) is 0 Å². The smallest absolute Gasteiger partial charge is 0.322 e. The molecule has 3 N–H and O–H groups in total. The van der Waals surface area contributed by atoms with Gasteiger partial charge in [0.2, 0.25) is 0 Å². The number of rotatable bonds is 11. The van der Waals surface area contributed by atoms with E-state index in [0.717, 1.165) is 31.8 Å². The van der Waals surface area contributed by atoms with Crippen LogP contribution in [0, 0.1) is 11.8 Å². The van der Waals surface area contributed by atoms with Crippen LogP contribution in [0.25, 0.3) is 0 Å². The third kappa shape index (κ3) is 7.46. The molecule has 0 aliphatic carbocycles. The molecule has 1 rings (SSSR count). The van der Waals surface area contributed by atoms with Gasteiger partial charge in [-0.2, -0.15) is 0 Å². The second kappa shape index (κ2) is 10.2. The van der Waals surface area contributed by atoms with Gasteiger partial charge in [-0.05, 0) is 48.2 Å². The van der Waals surface area contributed by atoms with Crippen molar-refractivity contribution in [3.05, 3.63) is 5.82 Å². The third-order valence-electron chi connectivity index (χ3n) is 3.38. The average molecular weight is 312 g/mol. The molecule has 0 saturated carbocycles. The number of tetrazole rings is 1. The second-order valence-electron chi connectivity index (χ2n) is 6.04. The van der Waals surface area contributed by atoms with Gasteiger partial charge in [-0.1, -0.05) is 20.8 Å². The zero-order valence-electron chi connectivity index (χ0n) is 13.9. The summed E-state index contributed by atoms with van der Waals surface area (Å²) in [5.74, 6) is 1.48. The predicted molar refractivity (Wildman–Crippen MR) is 82.9 cm³/mol. The van der Waals surface area contributed by atoms with Gasteiger partial charge in [-0.25, -0.2) is 5.10 Å². The molecule has 0 amide bonds. The topological polar surface area (TPSA) is 105 Å². The van der Waals surface area contributed by atoms with Gasteiger partial charge < -0.3 is 15.4 Å². The van der Waals surface area contributed by atoms with Crippen LogP contribution in [0.1, 0.15) is 39.4 Å². The number of methoxy groups -OCH3 is 1. The Morgan fingerprint density at radius 2 is 2.05 bits per heavy atom. The highest BCUT2D eigenvalue weighted by molar-refractivity contribution is 5.75. The summed E-state index contributed by atoms with van der Waals surface area (Å²) in [6.07, 6.45) is 1.71. The van der Waals surface area contributed by atoms with Crippen LogP contribution in [-0.2, 0) is 16.1 Å². The van der Waals surface area contributed by atoms with Gasteiger partial charge in [-0.15, -0.1) is 5.10 Å². The van der Waals surface area contributed by atoms with E-state index < -0.39 is 0 Å². The van der Waals surface area contributed by atoms with E-state index in [1.165, 1.54) is 7.11 Å². The third-order valence-corrected chi connectivity index (χ3v) is 3.38. The molecule has 8 heteroatoms. The van der Waals surface area contributed by atoms with Crippen LogP contribution in [0.5, 0.6) is 0 Å². The van der Waals surface area contributed by atoms with Crippen molar-refractivity contribution in [2.75, 3.05) is 20.2 Å². The lowest BCUT2D eigenvalue weighted by molar-refractivity contribution is -0.143.